The van der Waals surface area contributed by atoms with Crippen LogP contribution >= 0.6 is 40.6 Å². The number of likely N-dealkylation sites (N-methyl/N-ethyl adjacent to an activating group) is 1. The second kappa shape index (κ2) is 22.1. The molecule has 1 aromatic rings. The number of ether oxygens (including phenoxy) is 3. The van der Waals surface area contributed by atoms with Crippen molar-refractivity contribution in [1.29, 1.82) is 0 Å². The van der Waals surface area contributed by atoms with E-state index in [0.29, 0.717) is 29.3 Å². The fraction of sp³-hybridized carbons (Fsp3) is 0.659. The van der Waals surface area contributed by atoms with E-state index in [2.05, 4.69) is 10.6 Å². The van der Waals surface area contributed by atoms with Crippen LogP contribution in [0.25, 0.3) is 0 Å². The summed E-state index contributed by atoms with van der Waals surface area (Å²) in [5.74, 6) is -2.90. The van der Waals surface area contributed by atoms with Crippen molar-refractivity contribution in [1.82, 2.24) is 15.5 Å². The number of hydrogen-bond donors (Lipinski definition) is 5. The molecule has 3 aliphatic heterocycles. The standard InChI is InChI=1S/C44H66ClN4O12PS2/c1-26-12-11-13-31(25-50)44(56)24-33(59-41(55)47-44)28(3)39-43(7,61-39)34(23-37(53)49(10)32-22-30(20-26)21-27(2)38(32)45)60-40(54)29(4)48(9)36(52)15-19-63-64-42(5,6)16-18-62(57,58)17-14-35(51)46-8/h11-13,21-22,28-29,31,33-34,39,50,56H,14-20,23-25H2,1-10H3,(H,46,51)(H,47,55)(H,57,58)/b13-11+,26-12+/t28-,29+,31+,33?,34+,39-,43+,44+/m1/s1. The quantitative estimate of drug-likeness (QED) is 0.0464. The molecule has 0 aromatic heterocycles. The van der Waals surface area contributed by atoms with Gasteiger partial charge in [-0.1, -0.05) is 70.0 Å². The Morgan fingerprint density at radius 1 is 1.20 bits per heavy atom. The number of benzene rings is 1. The van der Waals surface area contributed by atoms with Gasteiger partial charge in [-0.2, -0.15) is 0 Å². The SMILES string of the molecule is CNC(=O)CCP(=O)(O)CCC(C)(C)SSCCC(=O)N(C)[C@@H](C)C(=O)O[C@H]1CC(=O)N(C)c2cc(cc(C)c2Cl)C/C(C)=C/C=C/[C@@H](CO)[C@@]2(O)CC(OC(=O)N2)[C@@H](C)[C@H]2O[C@@]12C. The highest BCUT2D eigenvalue weighted by molar-refractivity contribution is 8.77. The third-order valence-corrected chi connectivity index (χ3v) is 18.1. The number of aryl methyl sites for hydroxylation is 1. The number of allylic oxidation sites excluding steroid dienone is 3. The van der Waals surface area contributed by atoms with Gasteiger partial charge in [-0.3, -0.25) is 24.3 Å². The Morgan fingerprint density at radius 2 is 1.89 bits per heavy atom. The van der Waals surface area contributed by atoms with Gasteiger partial charge in [-0.05, 0) is 71.6 Å². The summed E-state index contributed by atoms with van der Waals surface area (Å²) in [7, 11) is 4.00. The van der Waals surface area contributed by atoms with Gasteiger partial charge in [0.05, 0.1) is 29.8 Å². The minimum absolute atomic E-state index is 0.0201. The van der Waals surface area contributed by atoms with Crippen LogP contribution in [0.4, 0.5) is 10.5 Å². The van der Waals surface area contributed by atoms with E-state index in [4.69, 9.17) is 25.8 Å². The number of esters is 1. The van der Waals surface area contributed by atoms with Crippen LogP contribution in [0.3, 0.4) is 0 Å². The van der Waals surface area contributed by atoms with E-state index in [1.54, 1.807) is 33.0 Å². The lowest BCUT2D eigenvalue weighted by molar-refractivity contribution is -0.161. The molecule has 16 nitrogen and oxygen atoms in total. The zero-order valence-electron chi connectivity index (χ0n) is 38.5. The first-order valence-electron chi connectivity index (χ1n) is 21.4. The number of alkyl carbamates (subject to hydrolysis) is 1. The molecule has 0 spiro atoms. The van der Waals surface area contributed by atoms with Crippen molar-refractivity contribution in [3.63, 3.8) is 0 Å². The fourth-order valence-electron chi connectivity index (χ4n) is 7.79. The maximum atomic E-state index is 14.2. The third-order valence-electron chi connectivity index (χ3n) is 12.4. The Bertz CT molecular complexity index is 2020. The van der Waals surface area contributed by atoms with Gasteiger partial charge in [-0.25, -0.2) is 9.59 Å². The number of fused-ring (bicyclic) bond motifs is 5. The molecule has 5 N–H and O–H groups in total. The maximum Gasteiger partial charge on any atom is 0.409 e. The predicted molar refractivity (Wildman–Crippen MR) is 251 cm³/mol. The van der Waals surface area contributed by atoms with E-state index >= 15 is 0 Å². The zero-order valence-corrected chi connectivity index (χ0v) is 41.8. The molecule has 20 heteroatoms. The van der Waals surface area contributed by atoms with E-state index in [1.165, 1.54) is 52.4 Å². The lowest BCUT2D eigenvalue weighted by atomic mass is 9.81. The van der Waals surface area contributed by atoms with Crippen LogP contribution in [0.1, 0.15) is 84.8 Å². The summed E-state index contributed by atoms with van der Waals surface area (Å²) in [4.78, 5) is 79.1. The number of epoxide rings is 1. The van der Waals surface area contributed by atoms with Gasteiger partial charge in [0.1, 0.15) is 23.9 Å². The largest absolute Gasteiger partial charge is 0.457 e. The average molecular weight is 974 g/mol. The number of carbonyl (C=O) groups excluding carboxylic acids is 5. The summed E-state index contributed by atoms with van der Waals surface area (Å²) >= 11 is 6.80. The summed E-state index contributed by atoms with van der Waals surface area (Å²) in [6.07, 6.45) is 2.04. The number of aliphatic hydroxyl groups excluding tert-OH is 1. The smallest absolute Gasteiger partial charge is 0.409 e. The van der Waals surface area contributed by atoms with Gasteiger partial charge in [0, 0.05) is 75.1 Å². The van der Waals surface area contributed by atoms with Crippen LogP contribution in [0.2, 0.25) is 5.02 Å². The van der Waals surface area contributed by atoms with E-state index in [9.17, 15) is 43.6 Å². The van der Waals surface area contributed by atoms with Gasteiger partial charge in [0.25, 0.3) is 0 Å². The molecular weight excluding hydrogens is 907 g/mol. The number of hydrogen-bond acceptors (Lipinski definition) is 13. The Labute approximate surface area is 389 Å². The van der Waals surface area contributed by atoms with Crippen LogP contribution in [-0.2, 0) is 44.4 Å². The normalized spacial score (nSPS) is 29.1. The van der Waals surface area contributed by atoms with Crippen molar-refractivity contribution in [2.75, 3.05) is 50.7 Å². The molecule has 358 valence electrons. The van der Waals surface area contributed by atoms with Crippen LogP contribution < -0.4 is 15.5 Å². The average Bonchev–Trinajstić information content (AvgIpc) is 3.93. The molecule has 2 fully saturated rings. The highest BCUT2D eigenvalue weighted by Gasteiger charge is 2.64. The Morgan fingerprint density at radius 3 is 2.55 bits per heavy atom. The van der Waals surface area contributed by atoms with Crippen molar-refractivity contribution in [2.45, 2.75) is 127 Å². The van der Waals surface area contributed by atoms with Crippen LogP contribution in [0, 0.1) is 18.8 Å². The minimum Gasteiger partial charge on any atom is -0.457 e. The van der Waals surface area contributed by atoms with Gasteiger partial charge in [0.15, 0.2) is 5.72 Å². The van der Waals surface area contributed by atoms with E-state index in [-0.39, 0.29) is 49.8 Å². The first-order valence-corrected chi connectivity index (χ1v) is 26.2. The molecule has 1 aromatic carbocycles. The Hall–Kier alpha value is -3.09. The van der Waals surface area contributed by atoms with Crippen molar-refractivity contribution >= 4 is 76.0 Å². The first kappa shape index (κ1) is 53.5. The van der Waals surface area contributed by atoms with Gasteiger partial charge in [0.2, 0.25) is 25.1 Å². The van der Waals surface area contributed by atoms with Gasteiger partial charge < -0.3 is 44.4 Å². The topological polar surface area (TPSA) is 225 Å². The van der Waals surface area contributed by atoms with Crippen LogP contribution in [0.5, 0.6) is 0 Å². The summed E-state index contributed by atoms with van der Waals surface area (Å²) in [5.41, 5.74) is -0.135. The molecule has 2 saturated heterocycles. The molecule has 3 aliphatic rings. The number of nitrogens with zero attached hydrogens (tertiary/aromatic N) is 2. The molecular formula is C44H66ClN4O12PS2. The molecule has 3 heterocycles. The van der Waals surface area contributed by atoms with E-state index in [0.717, 1.165) is 16.7 Å². The fourth-order valence-corrected chi connectivity index (χ4v) is 12.4. The van der Waals surface area contributed by atoms with E-state index < -0.39 is 84.2 Å². The molecule has 0 saturated carbocycles. The Balaban J connectivity index is 1.52. The lowest BCUT2D eigenvalue weighted by Gasteiger charge is -2.42. The number of nitrogens with one attached hydrogen (secondary N) is 2. The second-order valence-corrected chi connectivity index (χ2v) is 24.1. The molecule has 64 heavy (non-hydrogen) atoms. The molecule has 4 rings (SSSR count). The first-order chi connectivity index (χ1) is 29.8. The molecule has 4 amide bonds. The highest BCUT2D eigenvalue weighted by Crippen LogP contribution is 2.50. The zero-order chi connectivity index (χ0) is 47.9. The third kappa shape index (κ3) is 14.0. The van der Waals surface area contributed by atoms with Crippen molar-refractivity contribution in [3.8, 4) is 0 Å². The molecule has 9 atom stereocenters. The number of aliphatic hydroxyl groups is 2. The summed E-state index contributed by atoms with van der Waals surface area (Å²) < 4.78 is 30.3. The minimum atomic E-state index is -3.49. The van der Waals surface area contributed by atoms with E-state index in [1.807, 2.05) is 45.9 Å². The van der Waals surface area contributed by atoms with Crippen LogP contribution in [0.15, 0.2) is 35.9 Å². The molecule has 4 bridgehead atoms. The van der Waals surface area contributed by atoms with Gasteiger partial charge in [-0.15, -0.1) is 0 Å². The summed E-state index contributed by atoms with van der Waals surface area (Å²) in [6.45, 7) is 12.2. The number of anilines is 1. The summed E-state index contributed by atoms with van der Waals surface area (Å²) in [6, 6.07) is 2.69. The van der Waals surface area contributed by atoms with Crippen LogP contribution in [-0.4, -0.2) is 136 Å². The molecule has 0 radical (unpaired) electrons. The highest BCUT2D eigenvalue weighted by atomic mass is 35.5. The number of rotatable bonds is 15. The van der Waals surface area contributed by atoms with Crippen molar-refractivity contribution < 1.29 is 57.9 Å². The number of amides is 4. The monoisotopic (exact) mass is 972 g/mol. The lowest BCUT2D eigenvalue weighted by Crippen LogP contribution is -2.62. The second-order valence-electron chi connectivity index (χ2n) is 18.0. The molecule has 2 unspecified atom stereocenters. The number of halogens is 1. The number of carbonyl (C=O) groups is 5. The van der Waals surface area contributed by atoms with Crippen molar-refractivity contribution in [3.05, 3.63) is 52.1 Å². The summed E-state index contributed by atoms with van der Waals surface area (Å²) in [5, 5.41) is 27.4. The Kier molecular flexibility index (Phi) is 18.5. The van der Waals surface area contributed by atoms with Gasteiger partial charge >= 0.3 is 12.1 Å². The predicted octanol–water partition coefficient (Wildman–Crippen LogP) is 5.75. The maximum absolute atomic E-state index is 14.2. The molecule has 0 aliphatic carbocycles. The van der Waals surface area contributed by atoms with Crippen molar-refractivity contribution in [2.24, 2.45) is 11.8 Å².